The van der Waals surface area contributed by atoms with Crippen molar-refractivity contribution in [3.63, 3.8) is 0 Å². The second kappa shape index (κ2) is 8.71. The molecule has 8 heteroatoms. The van der Waals surface area contributed by atoms with Crippen LogP contribution in [0.5, 0.6) is 5.75 Å². The molecule has 30 heavy (non-hydrogen) atoms. The molecule has 0 aliphatic heterocycles. The summed E-state index contributed by atoms with van der Waals surface area (Å²) in [5.41, 5.74) is 2.68. The lowest BCUT2D eigenvalue weighted by Gasteiger charge is -2.11. The summed E-state index contributed by atoms with van der Waals surface area (Å²) in [5.74, 6) is 2.06. The van der Waals surface area contributed by atoms with Gasteiger partial charge in [0.1, 0.15) is 11.6 Å². The van der Waals surface area contributed by atoms with Crippen molar-refractivity contribution in [1.82, 2.24) is 24.9 Å². The Bertz CT molecular complexity index is 1190. The van der Waals surface area contributed by atoms with Gasteiger partial charge in [0.05, 0.1) is 18.4 Å². The molecule has 0 saturated heterocycles. The van der Waals surface area contributed by atoms with Crippen LogP contribution in [0.15, 0.2) is 53.7 Å². The fourth-order valence-corrected chi connectivity index (χ4v) is 3.96. The number of nitrogens with one attached hydrogen (secondary N) is 1. The van der Waals surface area contributed by atoms with Gasteiger partial charge in [-0.15, -0.1) is 10.2 Å². The number of aromatic nitrogens is 4. The zero-order valence-electron chi connectivity index (χ0n) is 17.1. The SMILES string of the molecule is COc1ccc(CNC(=O)CSc2nnc3c4ccccc4nc(C(C)C)n23)cc1. The molecule has 0 bridgehead atoms. The summed E-state index contributed by atoms with van der Waals surface area (Å²) in [4.78, 5) is 17.2. The second-order valence-electron chi connectivity index (χ2n) is 7.20. The van der Waals surface area contributed by atoms with Gasteiger partial charge in [-0.3, -0.25) is 9.20 Å². The molecule has 7 nitrogen and oxygen atoms in total. The largest absolute Gasteiger partial charge is 0.497 e. The molecule has 1 amide bonds. The number of benzene rings is 2. The van der Waals surface area contributed by atoms with Crippen molar-refractivity contribution in [2.45, 2.75) is 31.5 Å². The fraction of sp³-hybridized carbons (Fsp3) is 0.273. The maximum atomic E-state index is 12.4. The van der Waals surface area contributed by atoms with Crippen molar-refractivity contribution in [2.75, 3.05) is 12.9 Å². The lowest BCUT2D eigenvalue weighted by molar-refractivity contribution is -0.118. The number of thioether (sulfide) groups is 1. The van der Waals surface area contributed by atoms with Crippen LogP contribution in [0.25, 0.3) is 16.6 Å². The van der Waals surface area contributed by atoms with Crippen LogP contribution >= 0.6 is 11.8 Å². The quantitative estimate of drug-likeness (QED) is 0.457. The Morgan fingerprint density at radius 1 is 1.13 bits per heavy atom. The summed E-state index contributed by atoms with van der Waals surface area (Å²) in [6, 6.07) is 15.5. The first kappa shape index (κ1) is 20.2. The van der Waals surface area contributed by atoms with Crippen LogP contribution < -0.4 is 10.1 Å². The number of carbonyl (C=O) groups is 1. The summed E-state index contributed by atoms with van der Waals surface area (Å²) in [6.07, 6.45) is 0. The van der Waals surface area contributed by atoms with Crippen molar-refractivity contribution < 1.29 is 9.53 Å². The molecule has 154 valence electrons. The molecule has 0 atom stereocenters. The average Bonchev–Trinajstić information content (AvgIpc) is 3.20. The number of hydrogen-bond donors (Lipinski definition) is 1. The van der Waals surface area contributed by atoms with Crippen LogP contribution in [0.2, 0.25) is 0 Å². The van der Waals surface area contributed by atoms with Crippen molar-refractivity contribution in [3.8, 4) is 5.75 Å². The predicted octanol–water partition coefficient (Wildman–Crippen LogP) is 3.82. The topological polar surface area (TPSA) is 81.4 Å². The van der Waals surface area contributed by atoms with E-state index in [1.807, 2.05) is 52.9 Å². The number of nitrogens with zero attached hydrogens (tertiary/aromatic N) is 4. The highest BCUT2D eigenvalue weighted by Crippen LogP contribution is 2.27. The average molecular weight is 422 g/mol. The molecule has 0 saturated carbocycles. The molecule has 0 aliphatic rings. The standard InChI is InChI=1S/C22H23N5O2S/c1-14(2)20-24-18-7-5-4-6-17(18)21-25-26-22(27(20)21)30-13-19(28)23-12-15-8-10-16(29-3)11-9-15/h4-11,14H,12-13H2,1-3H3,(H,23,28). The molecular weight excluding hydrogens is 398 g/mol. The Labute approximate surface area is 178 Å². The van der Waals surface area contributed by atoms with Crippen LogP contribution in [0.1, 0.15) is 31.2 Å². The van der Waals surface area contributed by atoms with Crippen molar-refractivity contribution >= 4 is 34.2 Å². The monoisotopic (exact) mass is 421 g/mol. The first-order chi connectivity index (χ1) is 14.6. The maximum absolute atomic E-state index is 12.4. The van der Waals surface area contributed by atoms with Crippen LogP contribution in [0, 0.1) is 0 Å². The molecule has 0 unspecified atom stereocenters. The van der Waals surface area contributed by atoms with Crippen LogP contribution in [0.4, 0.5) is 0 Å². The van der Waals surface area contributed by atoms with Crippen molar-refractivity contribution in [3.05, 3.63) is 59.9 Å². The third kappa shape index (κ3) is 4.09. The minimum atomic E-state index is -0.0626. The molecule has 2 aromatic carbocycles. The Morgan fingerprint density at radius 2 is 1.90 bits per heavy atom. The molecule has 0 radical (unpaired) electrons. The van der Waals surface area contributed by atoms with Crippen molar-refractivity contribution in [2.24, 2.45) is 0 Å². The zero-order valence-corrected chi connectivity index (χ0v) is 17.9. The van der Waals surface area contributed by atoms with E-state index >= 15 is 0 Å². The molecule has 4 rings (SSSR count). The Balaban J connectivity index is 1.49. The lowest BCUT2D eigenvalue weighted by atomic mass is 10.2. The number of para-hydroxylation sites is 1. The summed E-state index contributed by atoms with van der Waals surface area (Å²) in [7, 11) is 1.63. The van der Waals surface area contributed by atoms with Crippen LogP contribution in [0.3, 0.4) is 0 Å². The molecular formula is C22H23N5O2S. The minimum Gasteiger partial charge on any atom is -0.497 e. The number of carbonyl (C=O) groups excluding carboxylic acids is 1. The van der Waals surface area contributed by atoms with E-state index in [4.69, 9.17) is 9.72 Å². The first-order valence-corrected chi connectivity index (χ1v) is 10.7. The third-order valence-electron chi connectivity index (χ3n) is 4.74. The highest BCUT2D eigenvalue weighted by atomic mass is 32.2. The van der Waals surface area contributed by atoms with E-state index in [9.17, 15) is 4.79 Å². The molecule has 1 N–H and O–H groups in total. The minimum absolute atomic E-state index is 0.0626. The summed E-state index contributed by atoms with van der Waals surface area (Å²) in [6.45, 7) is 4.65. The summed E-state index contributed by atoms with van der Waals surface area (Å²) >= 11 is 1.36. The van der Waals surface area contributed by atoms with Crippen molar-refractivity contribution in [1.29, 1.82) is 0 Å². The van der Waals surface area contributed by atoms with E-state index in [1.54, 1.807) is 7.11 Å². The van der Waals surface area contributed by atoms with E-state index in [2.05, 4.69) is 29.4 Å². The normalized spacial score (nSPS) is 11.3. The lowest BCUT2D eigenvalue weighted by Crippen LogP contribution is -2.24. The molecule has 0 spiro atoms. The van der Waals surface area contributed by atoms with Crippen LogP contribution in [-0.2, 0) is 11.3 Å². The molecule has 2 aromatic heterocycles. The van der Waals surface area contributed by atoms with Gasteiger partial charge >= 0.3 is 0 Å². The Morgan fingerprint density at radius 3 is 2.63 bits per heavy atom. The van der Waals surface area contributed by atoms with Gasteiger partial charge in [0.2, 0.25) is 5.91 Å². The molecule has 2 heterocycles. The smallest absolute Gasteiger partial charge is 0.230 e. The second-order valence-corrected chi connectivity index (χ2v) is 8.14. The molecule has 4 aromatic rings. The Kier molecular flexibility index (Phi) is 5.85. The highest BCUT2D eigenvalue weighted by Gasteiger charge is 2.18. The number of ether oxygens (including phenoxy) is 1. The fourth-order valence-electron chi connectivity index (χ4n) is 3.19. The zero-order chi connectivity index (χ0) is 21.1. The summed E-state index contributed by atoms with van der Waals surface area (Å²) < 4.78 is 7.12. The van der Waals surface area contributed by atoms with Gasteiger partial charge in [-0.25, -0.2) is 4.98 Å². The Hall–Kier alpha value is -3.13. The number of hydrogen-bond acceptors (Lipinski definition) is 6. The van der Waals surface area contributed by atoms with Gasteiger partial charge < -0.3 is 10.1 Å². The van der Waals surface area contributed by atoms with Crippen LogP contribution in [-0.4, -0.2) is 38.4 Å². The van der Waals surface area contributed by atoms with Gasteiger partial charge in [0, 0.05) is 17.8 Å². The van der Waals surface area contributed by atoms with Gasteiger partial charge in [0.25, 0.3) is 0 Å². The van der Waals surface area contributed by atoms with Gasteiger partial charge in [-0.1, -0.05) is 49.9 Å². The molecule has 0 aliphatic carbocycles. The summed E-state index contributed by atoms with van der Waals surface area (Å²) in [5, 5.41) is 13.3. The van der Waals surface area contributed by atoms with E-state index < -0.39 is 0 Å². The van der Waals surface area contributed by atoms with Gasteiger partial charge in [0.15, 0.2) is 10.8 Å². The molecule has 0 fully saturated rings. The number of methoxy groups -OCH3 is 1. The van der Waals surface area contributed by atoms with E-state index in [1.165, 1.54) is 11.8 Å². The first-order valence-electron chi connectivity index (χ1n) is 9.73. The third-order valence-corrected chi connectivity index (χ3v) is 5.67. The van der Waals surface area contributed by atoms with E-state index in [0.29, 0.717) is 11.7 Å². The maximum Gasteiger partial charge on any atom is 0.230 e. The van der Waals surface area contributed by atoms with Gasteiger partial charge in [-0.05, 0) is 29.8 Å². The van der Waals surface area contributed by atoms with E-state index in [-0.39, 0.29) is 17.6 Å². The number of fused-ring (bicyclic) bond motifs is 3. The highest BCUT2D eigenvalue weighted by molar-refractivity contribution is 7.99. The van der Waals surface area contributed by atoms with E-state index in [0.717, 1.165) is 33.7 Å². The number of rotatable bonds is 7. The predicted molar refractivity (Wildman–Crippen MR) is 118 cm³/mol. The van der Waals surface area contributed by atoms with Gasteiger partial charge in [-0.2, -0.15) is 0 Å². The number of amides is 1.